The summed E-state index contributed by atoms with van der Waals surface area (Å²) in [6, 6.07) is 0.859. The van der Waals surface area contributed by atoms with Gasteiger partial charge in [0.25, 0.3) is 0 Å². The number of amides is 1. The third kappa shape index (κ3) is 2.03. The van der Waals surface area contributed by atoms with Crippen LogP contribution in [-0.4, -0.2) is 41.8 Å². The highest BCUT2D eigenvalue weighted by Crippen LogP contribution is 2.41. The minimum atomic E-state index is -0.391. The molecule has 2 saturated heterocycles. The molecule has 0 aromatic carbocycles. The predicted octanol–water partition coefficient (Wildman–Crippen LogP) is 1.60. The normalized spacial score (nSPS) is 32.5. The number of fused-ring (bicyclic) bond motifs is 1. The zero-order valence-corrected chi connectivity index (χ0v) is 10.6. The third-order valence-corrected chi connectivity index (χ3v) is 3.37. The Balaban J connectivity index is 1.91. The summed E-state index contributed by atoms with van der Waals surface area (Å²) in [6.45, 7) is 9.67. The second-order valence-electron chi connectivity index (χ2n) is 5.78. The number of nitrogens with one attached hydrogen (secondary N) is 1. The molecular weight excluding hydrogens is 204 g/mol. The van der Waals surface area contributed by atoms with Crippen LogP contribution in [0.25, 0.3) is 0 Å². The fourth-order valence-electron chi connectivity index (χ4n) is 2.69. The van der Waals surface area contributed by atoms with E-state index in [-0.39, 0.29) is 6.09 Å². The number of hydrogen-bond acceptors (Lipinski definition) is 3. The van der Waals surface area contributed by atoms with Crippen LogP contribution in [0.5, 0.6) is 0 Å². The Bertz CT molecular complexity index is 285. The van der Waals surface area contributed by atoms with Gasteiger partial charge in [0.1, 0.15) is 5.60 Å². The topological polar surface area (TPSA) is 41.6 Å². The summed E-state index contributed by atoms with van der Waals surface area (Å²) >= 11 is 0. The molecule has 3 unspecified atom stereocenters. The third-order valence-electron chi connectivity index (χ3n) is 3.37. The molecule has 16 heavy (non-hydrogen) atoms. The minimum Gasteiger partial charge on any atom is -0.444 e. The van der Waals surface area contributed by atoms with Crippen LogP contribution in [0.3, 0.4) is 0 Å². The fraction of sp³-hybridized carbons (Fsp3) is 0.917. The Morgan fingerprint density at radius 2 is 2.19 bits per heavy atom. The van der Waals surface area contributed by atoms with E-state index in [1.165, 1.54) is 0 Å². The van der Waals surface area contributed by atoms with Crippen LogP contribution >= 0.6 is 0 Å². The summed E-state index contributed by atoms with van der Waals surface area (Å²) in [5, 5.41) is 3.44. The van der Waals surface area contributed by atoms with Crippen molar-refractivity contribution >= 4 is 6.09 Å². The monoisotopic (exact) mass is 226 g/mol. The number of carbonyl (C=O) groups excluding carboxylic acids is 1. The van der Waals surface area contributed by atoms with Gasteiger partial charge in [0.15, 0.2) is 0 Å². The van der Waals surface area contributed by atoms with E-state index in [2.05, 4.69) is 12.2 Å². The zero-order chi connectivity index (χ0) is 11.9. The summed E-state index contributed by atoms with van der Waals surface area (Å²) in [5.74, 6) is 0.637. The number of hydrogen-bond donors (Lipinski definition) is 1. The fourth-order valence-corrected chi connectivity index (χ4v) is 2.69. The van der Waals surface area contributed by atoms with E-state index in [0.717, 1.165) is 19.5 Å². The van der Waals surface area contributed by atoms with Crippen molar-refractivity contribution in [2.75, 3.05) is 13.1 Å². The Hall–Kier alpha value is -0.770. The molecule has 4 heteroatoms. The molecule has 3 atom stereocenters. The van der Waals surface area contributed by atoms with E-state index in [0.29, 0.717) is 18.0 Å². The van der Waals surface area contributed by atoms with Crippen molar-refractivity contribution in [3.8, 4) is 0 Å². The molecule has 3 aliphatic rings. The highest BCUT2D eigenvalue weighted by molar-refractivity contribution is 5.70. The lowest BCUT2D eigenvalue weighted by atomic mass is 9.80. The molecular formula is C12H22N2O2. The number of rotatable bonds is 2. The van der Waals surface area contributed by atoms with Crippen LogP contribution in [0.4, 0.5) is 4.79 Å². The molecule has 3 rings (SSSR count). The highest BCUT2D eigenvalue weighted by Gasteiger charge is 2.54. The van der Waals surface area contributed by atoms with Gasteiger partial charge in [0, 0.05) is 12.6 Å². The predicted molar refractivity (Wildman–Crippen MR) is 62.3 cm³/mol. The second kappa shape index (κ2) is 3.91. The van der Waals surface area contributed by atoms with Crippen molar-refractivity contribution in [1.29, 1.82) is 0 Å². The number of ether oxygens (including phenoxy) is 1. The molecule has 92 valence electrons. The summed E-state index contributed by atoms with van der Waals surface area (Å²) in [7, 11) is 0. The Morgan fingerprint density at radius 3 is 2.75 bits per heavy atom. The summed E-state index contributed by atoms with van der Waals surface area (Å²) in [4.78, 5) is 13.8. The van der Waals surface area contributed by atoms with Gasteiger partial charge in [-0.2, -0.15) is 0 Å². The maximum atomic E-state index is 11.9. The molecule has 0 aromatic rings. The molecule has 0 radical (unpaired) electrons. The van der Waals surface area contributed by atoms with E-state index >= 15 is 0 Å². The largest absolute Gasteiger partial charge is 0.444 e. The van der Waals surface area contributed by atoms with E-state index in [4.69, 9.17) is 4.74 Å². The van der Waals surface area contributed by atoms with Gasteiger partial charge < -0.3 is 15.0 Å². The Morgan fingerprint density at radius 1 is 1.50 bits per heavy atom. The van der Waals surface area contributed by atoms with Crippen molar-refractivity contribution in [1.82, 2.24) is 10.2 Å². The average molecular weight is 226 g/mol. The quantitative estimate of drug-likeness (QED) is 0.777. The van der Waals surface area contributed by atoms with E-state index < -0.39 is 5.60 Å². The first-order chi connectivity index (χ1) is 7.42. The minimum absolute atomic E-state index is 0.152. The van der Waals surface area contributed by atoms with Gasteiger partial charge in [0.2, 0.25) is 0 Å². The van der Waals surface area contributed by atoms with E-state index in [9.17, 15) is 4.79 Å². The first kappa shape index (κ1) is 11.7. The van der Waals surface area contributed by atoms with Gasteiger partial charge >= 0.3 is 6.09 Å². The lowest BCUT2D eigenvalue weighted by Gasteiger charge is -2.37. The van der Waals surface area contributed by atoms with Crippen molar-refractivity contribution < 1.29 is 9.53 Å². The van der Waals surface area contributed by atoms with Gasteiger partial charge in [-0.1, -0.05) is 6.92 Å². The maximum Gasteiger partial charge on any atom is 0.410 e. The molecule has 1 aliphatic carbocycles. The van der Waals surface area contributed by atoms with Crippen LogP contribution in [0.15, 0.2) is 0 Å². The molecule has 1 amide bonds. The van der Waals surface area contributed by atoms with Gasteiger partial charge in [0.05, 0.1) is 6.04 Å². The maximum absolute atomic E-state index is 11.9. The lowest BCUT2D eigenvalue weighted by molar-refractivity contribution is 0.0224. The molecule has 4 nitrogen and oxygen atoms in total. The highest BCUT2D eigenvalue weighted by atomic mass is 16.6. The molecule has 2 bridgehead atoms. The smallest absolute Gasteiger partial charge is 0.410 e. The van der Waals surface area contributed by atoms with Crippen molar-refractivity contribution in [3.63, 3.8) is 0 Å². The molecule has 0 aromatic heterocycles. The van der Waals surface area contributed by atoms with Crippen molar-refractivity contribution in [2.24, 2.45) is 5.92 Å². The second-order valence-corrected chi connectivity index (χ2v) is 5.78. The van der Waals surface area contributed by atoms with Crippen LogP contribution in [-0.2, 0) is 4.74 Å². The van der Waals surface area contributed by atoms with Crippen LogP contribution < -0.4 is 5.32 Å². The molecule has 3 fully saturated rings. The standard InChI is InChI=1S/C12H22N2O2/c1-5-13-10-8-6-9(10)14(7-8)11(15)16-12(2,3)4/h8-10,13H,5-7H2,1-4H3. The number of nitrogens with zero attached hydrogens (tertiary/aromatic N) is 1. The molecule has 0 spiro atoms. The van der Waals surface area contributed by atoms with E-state index in [1.807, 2.05) is 25.7 Å². The van der Waals surface area contributed by atoms with Crippen molar-refractivity contribution in [3.05, 3.63) is 0 Å². The van der Waals surface area contributed by atoms with Gasteiger partial charge in [-0.25, -0.2) is 4.79 Å². The summed E-state index contributed by atoms with van der Waals surface area (Å²) < 4.78 is 5.40. The van der Waals surface area contributed by atoms with Gasteiger partial charge in [-0.3, -0.25) is 0 Å². The SMILES string of the molecule is CCNC1C2CC1N(C(=O)OC(C)(C)C)C2. The zero-order valence-electron chi connectivity index (χ0n) is 10.6. The first-order valence-electron chi connectivity index (χ1n) is 6.15. The number of carbonyl (C=O) groups is 1. The summed E-state index contributed by atoms with van der Waals surface area (Å²) in [6.07, 6.45) is 0.983. The first-order valence-corrected chi connectivity index (χ1v) is 6.15. The van der Waals surface area contributed by atoms with Crippen LogP contribution in [0, 0.1) is 5.92 Å². The van der Waals surface area contributed by atoms with E-state index in [1.54, 1.807) is 0 Å². The molecule has 2 aliphatic heterocycles. The average Bonchev–Trinajstić information content (AvgIpc) is 2.68. The Kier molecular flexibility index (Phi) is 2.86. The van der Waals surface area contributed by atoms with Crippen LogP contribution in [0.1, 0.15) is 34.1 Å². The lowest BCUT2D eigenvalue weighted by Crippen LogP contribution is -2.53. The van der Waals surface area contributed by atoms with Gasteiger partial charge in [-0.15, -0.1) is 0 Å². The Labute approximate surface area is 97.3 Å². The summed E-state index contributed by atoms with van der Waals surface area (Å²) in [5.41, 5.74) is -0.391. The van der Waals surface area contributed by atoms with Crippen LogP contribution in [0.2, 0.25) is 0 Å². The molecule has 1 saturated carbocycles. The molecule has 2 heterocycles. The van der Waals surface area contributed by atoms with Gasteiger partial charge in [-0.05, 0) is 39.7 Å². The molecule has 1 N–H and O–H groups in total. The van der Waals surface area contributed by atoms with Crippen molar-refractivity contribution in [2.45, 2.75) is 51.8 Å². The number of likely N-dealkylation sites (N-methyl/N-ethyl adjacent to an activating group) is 1.